The molecular weight excluding hydrogens is 474 g/mol. The molecule has 0 aliphatic rings. The van der Waals surface area contributed by atoms with E-state index in [1.54, 1.807) is 61.9 Å². The predicted molar refractivity (Wildman–Crippen MR) is 137 cm³/mol. The van der Waals surface area contributed by atoms with Gasteiger partial charge in [0.25, 0.3) is 5.91 Å². The molecule has 0 heterocycles. The summed E-state index contributed by atoms with van der Waals surface area (Å²) in [6, 6.07) is 21.7. The molecule has 0 aliphatic carbocycles. The Kier molecular flexibility index (Phi) is 9.81. The number of rotatable bonds is 11. The van der Waals surface area contributed by atoms with Gasteiger partial charge in [-0.05, 0) is 59.7 Å². The highest BCUT2D eigenvalue weighted by atomic mass is 35.5. The summed E-state index contributed by atoms with van der Waals surface area (Å²) in [6.07, 6.45) is 1.54. The van der Waals surface area contributed by atoms with Crippen molar-refractivity contribution < 1.29 is 19.1 Å². The van der Waals surface area contributed by atoms with E-state index >= 15 is 0 Å². The van der Waals surface area contributed by atoms with Crippen molar-refractivity contribution in [2.45, 2.75) is 5.75 Å². The summed E-state index contributed by atoms with van der Waals surface area (Å²) < 4.78 is 10.6. The Morgan fingerprint density at radius 2 is 1.68 bits per heavy atom. The molecule has 176 valence electrons. The van der Waals surface area contributed by atoms with Gasteiger partial charge in [0.15, 0.2) is 6.61 Å². The minimum absolute atomic E-state index is 0.150. The number of hydrazone groups is 1. The Hall–Kier alpha value is -3.49. The molecule has 0 atom stereocenters. The molecule has 2 amide bonds. The number of nitrogens with one attached hydrogen (secondary N) is 2. The highest BCUT2D eigenvalue weighted by molar-refractivity contribution is 7.99. The quantitative estimate of drug-likeness (QED) is 0.295. The van der Waals surface area contributed by atoms with Crippen LogP contribution in [0.2, 0.25) is 5.02 Å². The number of methoxy groups -OCH3 is 1. The monoisotopic (exact) mass is 497 g/mol. The maximum absolute atomic E-state index is 12.0. The van der Waals surface area contributed by atoms with Crippen LogP contribution in [-0.2, 0) is 15.3 Å². The van der Waals surface area contributed by atoms with Crippen molar-refractivity contribution in [1.29, 1.82) is 0 Å². The first-order valence-electron chi connectivity index (χ1n) is 10.3. The number of halogens is 1. The molecule has 2 N–H and O–H groups in total. The third kappa shape index (κ3) is 8.46. The molecule has 0 radical (unpaired) electrons. The van der Waals surface area contributed by atoms with Gasteiger partial charge in [-0.25, -0.2) is 5.43 Å². The summed E-state index contributed by atoms with van der Waals surface area (Å²) in [7, 11) is 1.63. The Morgan fingerprint density at radius 1 is 0.971 bits per heavy atom. The highest BCUT2D eigenvalue weighted by Gasteiger charge is 2.06. The van der Waals surface area contributed by atoms with Crippen LogP contribution in [0.1, 0.15) is 11.1 Å². The van der Waals surface area contributed by atoms with E-state index in [1.807, 2.05) is 24.3 Å². The number of hydrogen-bond acceptors (Lipinski definition) is 6. The third-order valence-corrected chi connectivity index (χ3v) is 5.80. The average molecular weight is 498 g/mol. The van der Waals surface area contributed by atoms with Crippen LogP contribution >= 0.6 is 23.4 Å². The van der Waals surface area contributed by atoms with E-state index in [9.17, 15) is 9.59 Å². The van der Waals surface area contributed by atoms with E-state index in [2.05, 4.69) is 15.8 Å². The van der Waals surface area contributed by atoms with Crippen LogP contribution in [0.15, 0.2) is 77.9 Å². The fourth-order valence-electron chi connectivity index (χ4n) is 2.74. The maximum Gasteiger partial charge on any atom is 0.262 e. The van der Waals surface area contributed by atoms with E-state index in [0.29, 0.717) is 22.2 Å². The zero-order valence-electron chi connectivity index (χ0n) is 18.5. The van der Waals surface area contributed by atoms with Gasteiger partial charge in [-0.15, -0.1) is 11.8 Å². The van der Waals surface area contributed by atoms with Gasteiger partial charge >= 0.3 is 0 Å². The van der Waals surface area contributed by atoms with Crippen LogP contribution in [0, 0.1) is 0 Å². The van der Waals surface area contributed by atoms with E-state index in [-0.39, 0.29) is 18.4 Å². The lowest BCUT2D eigenvalue weighted by Gasteiger charge is -2.08. The van der Waals surface area contributed by atoms with Crippen LogP contribution in [-0.4, -0.2) is 37.5 Å². The van der Waals surface area contributed by atoms with Crippen molar-refractivity contribution in [2.24, 2.45) is 5.10 Å². The van der Waals surface area contributed by atoms with Crippen LogP contribution in [0.4, 0.5) is 5.69 Å². The topological polar surface area (TPSA) is 89.0 Å². The van der Waals surface area contributed by atoms with Crippen molar-refractivity contribution in [3.05, 3.63) is 88.9 Å². The molecule has 9 heteroatoms. The van der Waals surface area contributed by atoms with Gasteiger partial charge in [-0.3, -0.25) is 9.59 Å². The number of carbonyl (C=O) groups is 2. The van der Waals surface area contributed by atoms with E-state index < -0.39 is 0 Å². The number of para-hydroxylation sites is 1. The molecule has 0 spiro atoms. The van der Waals surface area contributed by atoms with Crippen LogP contribution in [0.5, 0.6) is 11.5 Å². The second kappa shape index (κ2) is 13.3. The molecular formula is C25H24ClN3O4S. The number of hydrogen-bond donors (Lipinski definition) is 2. The Balaban J connectivity index is 1.35. The summed E-state index contributed by atoms with van der Waals surface area (Å²) in [6.45, 7) is -0.150. The summed E-state index contributed by atoms with van der Waals surface area (Å²) in [4.78, 5) is 24.0. The van der Waals surface area contributed by atoms with Crippen molar-refractivity contribution in [3.63, 3.8) is 0 Å². The molecule has 0 bridgehead atoms. The molecule has 0 unspecified atom stereocenters. The molecule has 34 heavy (non-hydrogen) atoms. The normalized spacial score (nSPS) is 10.6. The van der Waals surface area contributed by atoms with Gasteiger partial charge in [0, 0.05) is 5.75 Å². The first-order valence-corrected chi connectivity index (χ1v) is 11.9. The summed E-state index contributed by atoms with van der Waals surface area (Å²) in [5.41, 5.74) is 4.94. The lowest BCUT2D eigenvalue weighted by Crippen LogP contribution is -2.20. The molecule has 3 rings (SSSR count). The number of amides is 2. The van der Waals surface area contributed by atoms with Crippen molar-refractivity contribution in [3.8, 4) is 11.5 Å². The zero-order chi connectivity index (χ0) is 24.2. The summed E-state index contributed by atoms with van der Waals surface area (Å²) >= 11 is 7.53. The van der Waals surface area contributed by atoms with Gasteiger partial charge in [-0.1, -0.05) is 35.9 Å². The molecule has 0 fully saturated rings. The molecule has 0 saturated carbocycles. The summed E-state index contributed by atoms with van der Waals surface area (Å²) in [5, 5.41) is 7.13. The molecule has 0 aliphatic heterocycles. The first-order chi connectivity index (χ1) is 16.5. The molecule has 0 saturated heterocycles. The third-order valence-electron chi connectivity index (χ3n) is 4.46. The van der Waals surface area contributed by atoms with E-state index in [1.165, 1.54) is 11.8 Å². The van der Waals surface area contributed by atoms with Gasteiger partial charge in [0.2, 0.25) is 5.91 Å². The van der Waals surface area contributed by atoms with E-state index in [0.717, 1.165) is 22.6 Å². The minimum Gasteiger partial charge on any atom is -0.497 e. The second-order valence-electron chi connectivity index (χ2n) is 7.02. The van der Waals surface area contributed by atoms with Crippen molar-refractivity contribution >= 4 is 47.1 Å². The lowest BCUT2D eigenvalue weighted by molar-refractivity contribution is -0.119. The second-order valence-corrected chi connectivity index (χ2v) is 8.41. The Bertz CT molecular complexity index is 1120. The number of benzene rings is 3. The lowest BCUT2D eigenvalue weighted by atomic mass is 10.2. The van der Waals surface area contributed by atoms with Gasteiger partial charge in [-0.2, -0.15) is 5.10 Å². The Labute approximate surface area is 207 Å². The fraction of sp³-hybridized carbons (Fsp3) is 0.160. The van der Waals surface area contributed by atoms with Gasteiger partial charge in [0.05, 0.1) is 29.8 Å². The number of nitrogens with zero attached hydrogens (tertiary/aromatic N) is 1. The number of anilines is 1. The zero-order valence-corrected chi connectivity index (χ0v) is 20.1. The maximum atomic E-state index is 12.0. The first kappa shape index (κ1) is 25.1. The standard InChI is InChI=1S/C25H24ClN3O4S/c1-32-20-10-8-19(9-11-20)16-34-17-25(31)29-27-14-18-6-12-21(13-7-18)33-15-24(30)28-23-5-3-2-4-22(23)26/h2-14H,15-17H2,1H3,(H,28,30)(H,29,31)/b27-14-. The highest BCUT2D eigenvalue weighted by Crippen LogP contribution is 2.20. The molecule has 3 aromatic rings. The Morgan fingerprint density at radius 3 is 2.38 bits per heavy atom. The van der Waals surface area contributed by atoms with Crippen molar-refractivity contribution in [2.75, 3.05) is 24.8 Å². The number of carbonyl (C=O) groups excluding carboxylic acids is 2. The number of ether oxygens (including phenoxy) is 2. The molecule has 7 nitrogen and oxygen atoms in total. The van der Waals surface area contributed by atoms with Crippen molar-refractivity contribution in [1.82, 2.24) is 5.43 Å². The predicted octanol–water partition coefficient (Wildman–Crippen LogP) is 4.75. The average Bonchev–Trinajstić information content (AvgIpc) is 2.85. The van der Waals surface area contributed by atoms with Crippen LogP contribution in [0.3, 0.4) is 0 Å². The number of thioether (sulfide) groups is 1. The van der Waals surface area contributed by atoms with Gasteiger partial charge < -0.3 is 14.8 Å². The molecule has 0 aromatic heterocycles. The van der Waals surface area contributed by atoms with Gasteiger partial charge in [0.1, 0.15) is 11.5 Å². The van der Waals surface area contributed by atoms with Crippen LogP contribution in [0.25, 0.3) is 0 Å². The smallest absolute Gasteiger partial charge is 0.262 e. The molecule has 3 aromatic carbocycles. The SMILES string of the molecule is COc1ccc(CSCC(=O)N/N=C\c2ccc(OCC(=O)Nc3ccccc3Cl)cc2)cc1. The van der Waals surface area contributed by atoms with Crippen LogP contribution < -0.4 is 20.2 Å². The largest absolute Gasteiger partial charge is 0.497 e. The minimum atomic E-state index is -0.314. The van der Waals surface area contributed by atoms with E-state index in [4.69, 9.17) is 21.1 Å². The fourth-order valence-corrected chi connectivity index (χ4v) is 3.71. The summed E-state index contributed by atoms with van der Waals surface area (Å²) in [5.74, 6) is 1.86.